The molecule has 0 bridgehead atoms. The second-order valence-electron chi connectivity index (χ2n) is 6.17. The summed E-state index contributed by atoms with van der Waals surface area (Å²) in [7, 11) is 0. The van der Waals surface area contributed by atoms with Crippen LogP contribution in [-0.2, 0) is 4.79 Å². The molecule has 2 aliphatic heterocycles. The maximum atomic E-state index is 11.4. The summed E-state index contributed by atoms with van der Waals surface area (Å²) in [5, 5.41) is 0. The number of carbonyl (C=O) groups excluding carboxylic acids is 1. The molecule has 3 rings (SSSR count). The molecule has 3 heterocycles. The zero-order valence-corrected chi connectivity index (χ0v) is 13.6. The molecule has 0 atom stereocenters. The van der Waals surface area contributed by atoms with Crippen molar-refractivity contribution in [1.29, 1.82) is 0 Å². The number of nitrogens with zero attached hydrogens (tertiary/aromatic N) is 5. The van der Waals surface area contributed by atoms with E-state index in [4.69, 9.17) is 0 Å². The molecule has 120 valence electrons. The molecule has 1 amide bonds. The Morgan fingerprint density at radius 1 is 0.909 bits per heavy atom. The zero-order valence-electron chi connectivity index (χ0n) is 13.6. The van der Waals surface area contributed by atoms with E-state index in [1.807, 2.05) is 11.8 Å². The Morgan fingerprint density at radius 2 is 1.45 bits per heavy atom. The second kappa shape index (κ2) is 6.50. The first kappa shape index (κ1) is 15.1. The third-order valence-electron chi connectivity index (χ3n) is 4.54. The lowest BCUT2D eigenvalue weighted by atomic mass is 10.1. The van der Waals surface area contributed by atoms with Gasteiger partial charge in [0.1, 0.15) is 17.5 Å². The van der Waals surface area contributed by atoms with Crippen molar-refractivity contribution >= 4 is 17.5 Å². The van der Waals surface area contributed by atoms with Gasteiger partial charge in [-0.1, -0.05) is 0 Å². The van der Waals surface area contributed by atoms with Crippen LogP contribution in [0.4, 0.5) is 11.6 Å². The van der Waals surface area contributed by atoms with E-state index < -0.39 is 0 Å². The van der Waals surface area contributed by atoms with E-state index in [1.54, 1.807) is 6.92 Å². The number of carbonyl (C=O) groups is 1. The number of rotatable bonds is 2. The third kappa shape index (κ3) is 3.31. The Kier molecular flexibility index (Phi) is 4.45. The summed E-state index contributed by atoms with van der Waals surface area (Å²) < 4.78 is 0. The number of piperidine rings is 1. The van der Waals surface area contributed by atoms with Crippen molar-refractivity contribution in [3.05, 3.63) is 11.9 Å². The summed E-state index contributed by atoms with van der Waals surface area (Å²) in [5.41, 5.74) is 0. The van der Waals surface area contributed by atoms with Gasteiger partial charge in [0.25, 0.3) is 0 Å². The van der Waals surface area contributed by atoms with Crippen LogP contribution in [0.3, 0.4) is 0 Å². The van der Waals surface area contributed by atoms with E-state index in [9.17, 15) is 4.79 Å². The first-order valence-corrected chi connectivity index (χ1v) is 8.24. The number of hydrogen-bond acceptors (Lipinski definition) is 5. The van der Waals surface area contributed by atoms with Gasteiger partial charge in [-0.2, -0.15) is 0 Å². The van der Waals surface area contributed by atoms with Gasteiger partial charge in [-0.15, -0.1) is 0 Å². The van der Waals surface area contributed by atoms with E-state index in [2.05, 4.69) is 25.8 Å². The average Bonchev–Trinajstić information content (AvgIpc) is 2.55. The molecule has 2 fully saturated rings. The molecule has 2 aliphatic rings. The maximum Gasteiger partial charge on any atom is 0.219 e. The van der Waals surface area contributed by atoms with Gasteiger partial charge in [0.2, 0.25) is 5.91 Å². The summed E-state index contributed by atoms with van der Waals surface area (Å²) in [6, 6.07) is 2.11. The molecule has 0 aromatic carbocycles. The van der Waals surface area contributed by atoms with Crippen LogP contribution in [0.1, 0.15) is 32.0 Å². The van der Waals surface area contributed by atoms with Crippen LogP contribution in [0, 0.1) is 6.92 Å². The Hall–Kier alpha value is -1.85. The summed E-state index contributed by atoms with van der Waals surface area (Å²) in [6.07, 6.45) is 3.81. The highest BCUT2D eigenvalue weighted by Crippen LogP contribution is 2.23. The predicted molar refractivity (Wildman–Crippen MR) is 87.3 cm³/mol. The minimum Gasteiger partial charge on any atom is -0.356 e. The minimum atomic E-state index is 0.160. The molecule has 0 N–H and O–H groups in total. The number of hydrogen-bond donors (Lipinski definition) is 0. The van der Waals surface area contributed by atoms with Gasteiger partial charge in [-0.05, 0) is 26.2 Å². The van der Waals surface area contributed by atoms with E-state index in [1.165, 1.54) is 19.3 Å². The quantitative estimate of drug-likeness (QED) is 0.827. The fourth-order valence-electron chi connectivity index (χ4n) is 3.23. The summed E-state index contributed by atoms with van der Waals surface area (Å²) >= 11 is 0. The molecule has 1 aromatic heterocycles. The fraction of sp³-hybridized carbons (Fsp3) is 0.688. The number of amides is 1. The lowest BCUT2D eigenvalue weighted by Crippen LogP contribution is -2.48. The second-order valence-corrected chi connectivity index (χ2v) is 6.17. The zero-order chi connectivity index (χ0) is 15.5. The van der Waals surface area contributed by atoms with Gasteiger partial charge in [0.05, 0.1) is 0 Å². The highest BCUT2D eigenvalue weighted by molar-refractivity contribution is 5.73. The van der Waals surface area contributed by atoms with E-state index in [-0.39, 0.29) is 5.91 Å². The predicted octanol–water partition coefficient (Wildman–Crippen LogP) is 1.44. The normalized spacial score (nSPS) is 19.5. The summed E-state index contributed by atoms with van der Waals surface area (Å²) in [5.74, 6) is 3.03. The molecule has 2 saturated heterocycles. The molecule has 6 heteroatoms. The first-order valence-electron chi connectivity index (χ1n) is 8.24. The van der Waals surface area contributed by atoms with Crippen molar-refractivity contribution in [3.8, 4) is 0 Å². The van der Waals surface area contributed by atoms with Crippen LogP contribution in [0.25, 0.3) is 0 Å². The summed E-state index contributed by atoms with van der Waals surface area (Å²) in [6.45, 7) is 9.02. The van der Waals surface area contributed by atoms with Crippen LogP contribution >= 0.6 is 0 Å². The largest absolute Gasteiger partial charge is 0.356 e. The SMILES string of the molecule is CC(=O)N1CCN(c2cc(N3CCCCC3)nc(C)n2)CC1. The standard InChI is InChI=1S/C16H25N5O/c1-13-17-15(20-6-4-3-5-7-20)12-16(18-13)21-10-8-19(9-11-21)14(2)22/h12H,3-11H2,1-2H3. The van der Waals surface area contributed by atoms with E-state index in [0.29, 0.717) is 0 Å². The Balaban J connectivity index is 1.74. The van der Waals surface area contributed by atoms with E-state index in [0.717, 1.165) is 56.7 Å². The molecular weight excluding hydrogens is 278 g/mol. The van der Waals surface area contributed by atoms with Gasteiger partial charge < -0.3 is 14.7 Å². The molecular formula is C16H25N5O. The van der Waals surface area contributed by atoms with Crippen molar-refractivity contribution in [2.75, 3.05) is 49.1 Å². The molecule has 0 spiro atoms. The van der Waals surface area contributed by atoms with Gasteiger partial charge in [-0.3, -0.25) is 4.79 Å². The van der Waals surface area contributed by atoms with Gasteiger partial charge >= 0.3 is 0 Å². The third-order valence-corrected chi connectivity index (χ3v) is 4.54. The monoisotopic (exact) mass is 303 g/mol. The molecule has 0 saturated carbocycles. The van der Waals surface area contributed by atoms with Crippen LogP contribution < -0.4 is 9.80 Å². The number of aryl methyl sites for hydroxylation is 1. The topological polar surface area (TPSA) is 52.6 Å². The molecule has 0 radical (unpaired) electrons. The molecule has 1 aromatic rings. The number of piperazine rings is 1. The van der Waals surface area contributed by atoms with Crippen LogP contribution in [-0.4, -0.2) is 60.0 Å². The Labute approximate surface area is 132 Å². The highest BCUT2D eigenvalue weighted by atomic mass is 16.2. The van der Waals surface area contributed by atoms with Crippen LogP contribution in [0.15, 0.2) is 6.07 Å². The van der Waals surface area contributed by atoms with Crippen LogP contribution in [0.5, 0.6) is 0 Å². The van der Waals surface area contributed by atoms with Crippen molar-refractivity contribution in [3.63, 3.8) is 0 Å². The summed E-state index contributed by atoms with van der Waals surface area (Å²) in [4.78, 5) is 27.2. The number of aromatic nitrogens is 2. The first-order chi connectivity index (χ1) is 10.6. The fourth-order valence-corrected chi connectivity index (χ4v) is 3.23. The van der Waals surface area contributed by atoms with Crippen molar-refractivity contribution in [1.82, 2.24) is 14.9 Å². The van der Waals surface area contributed by atoms with Crippen molar-refractivity contribution in [2.24, 2.45) is 0 Å². The maximum absolute atomic E-state index is 11.4. The van der Waals surface area contributed by atoms with Gasteiger partial charge in [-0.25, -0.2) is 9.97 Å². The molecule has 6 nitrogen and oxygen atoms in total. The lowest BCUT2D eigenvalue weighted by molar-refractivity contribution is -0.129. The van der Waals surface area contributed by atoms with Gasteiger partial charge in [0.15, 0.2) is 0 Å². The van der Waals surface area contributed by atoms with Crippen molar-refractivity contribution in [2.45, 2.75) is 33.1 Å². The minimum absolute atomic E-state index is 0.160. The average molecular weight is 303 g/mol. The number of anilines is 2. The Morgan fingerprint density at radius 3 is 2.00 bits per heavy atom. The Bertz CT molecular complexity index is 533. The highest BCUT2D eigenvalue weighted by Gasteiger charge is 2.21. The van der Waals surface area contributed by atoms with E-state index >= 15 is 0 Å². The lowest BCUT2D eigenvalue weighted by Gasteiger charge is -2.35. The smallest absolute Gasteiger partial charge is 0.219 e. The molecule has 22 heavy (non-hydrogen) atoms. The molecule has 0 unspecified atom stereocenters. The van der Waals surface area contributed by atoms with Crippen molar-refractivity contribution < 1.29 is 4.79 Å². The van der Waals surface area contributed by atoms with Gasteiger partial charge in [0, 0.05) is 52.3 Å². The van der Waals surface area contributed by atoms with Crippen LogP contribution in [0.2, 0.25) is 0 Å². The molecule has 0 aliphatic carbocycles.